The van der Waals surface area contributed by atoms with Crippen molar-refractivity contribution in [2.45, 2.75) is 18.1 Å². The SMILES string of the molecule is COc1ccc(Br)c(CC(N)(C(=O)O)C(F)(F)F)c1. The Kier molecular flexibility index (Phi) is 4.46. The van der Waals surface area contributed by atoms with Crippen LogP contribution < -0.4 is 10.5 Å². The van der Waals surface area contributed by atoms with Gasteiger partial charge in [0.1, 0.15) is 5.75 Å². The molecular formula is C11H11BrF3NO3. The predicted molar refractivity (Wildman–Crippen MR) is 65.0 cm³/mol. The standard InChI is InChI=1S/C11H11BrF3NO3/c1-19-7-2-3-8(12)6(4-7)5-10(16,9(17)18)11(13,14)15/h2-4H,5,16H2,1H3,(H,17,18). The van der Waals surface area contributed by atoms with Gasteiger partial charge >= 0.3 is 12.1 Å². The van der Waals surface area contributed by atoms with Crippen LogP contribution in [0, 0.1) is 0 Å². The maximum atomic E-state index is 12.8. The van der Waals surface area contributed by atoms with Gasteiger partial charge in [0, 0.05) is 10.9 Å². The smallest absolute Gasteiger partial charge is 0.417 e. The van der Waals surface area contributed by atoms with E-state index in [4.69, 9.17) is 15.6 Å². The highest BCUT2D eigenvalue weighted by atomic mass is 79.9. The first-order valence-corrected chi connectivity index (χ1v) is 5.82. The number of ether oxygens (including phenoxy) is 1. The Balaban J connectivity index is 3.21. The zero-order valence-corrected chi connectivity index (χ0v) is 11.4. The monoisotopic (exact) mass is 341 g/mol. The number of carboxylic acids is 1. The van der Waals surface area contributed by atoms with Crippen LogP contribution in [-0.4, -0.2) is 29.9 Å². The molecule has 0 radical (unpaired) electrons. The summed E-state index contributed by atoms with van der Waals surface area (Å²) < 4.78 is 43.6. The van der Waals surface area contributed by atoms with Crippen LogP contribution in [0.4, 0.5) is 13.2 Å². The first kappa shape index (κ1) is 15.8. The van der Waals surface area contributed by atoms with Crippen molar-refractivity contribution in [3.63, 3.8) is 0 Å². The summed E-state index contributed by atoms with van der Waals surface area (Å²) in [7, 11) is 1.35. The number of methoxy groups -OCH3 is 1. The van der Waals surface area contributed by atoms with Crippen LogP contribution >= 0.6 is 15.9 Å². The number of rotatable bonds is 4. The minimum Gasteiger partial charge on any atom is -0.497 e. The van der Waals surface area contributed by atoms with E-state index in [2.05, 4.69) is 15.9 Å². The highest BCUT2D eigenvalue weighted by Crippen LogP contribution is 2.34. The van der Waals surface area contributed by atoms with Crippen LogP contribution in [0.5, 0.6) is 5.75 Å². The van der Waals surface area contributed by atoms with Crippen molar-refractivity contribution in [3.05, 3.63) is 28.2 Å². The molecule has 0 aromatic heterocycles. The van der Waals surface area contributed by atoms with E-state index in [0.717, 1.165) is 0 Å². The summed E-state index contributed by atoms with van der Waals surface area (Å²) in [5, 5.41) is 8.76. The van der Waals surface area contributed by atoms with Gasteiger partial charge in [-0.3, -0.25) is 0 Å². The van der Waals surface area contributed by atoms with Crippen LogP contribution in [-0.2, 0) is 11.2 Å². The molecule has 0 spiro atoms. The number of alkyl halides is 3. The number of carbonyl (C=O) groups is 1. The second-order valence-electron chi connectivity index (χ2n) is 3.91. The number of benzene rings is 1. The molecule has 1 rings (SSSR count). The third kappa shape index (κ3) is 3.19. The van der Waals surface area contributed by atoms with Crippen LogP contribution in [0.3, 0.4) is 0 Å². The van der Waals surface area contributed by atoms with Crippen LogP contribution in [0.25, 0.3) is 0 Å². The Labute approximate surface area is 115 Å². The van der Waals surface area contributed by atoms with E-state index < -0.39 is 24.1 Å². The Morgan fingerprint density at radius 1 is 1.47 bits per heavy atom. The summed E-state index contributed by atoms with van der Waals surface area (Å²) in [6.07, 6.45) is -5.97. The average Bonchev–Trinajstić information content (AvgIpc) is 2.30. The molecule has 1 aromatic rings. The normalized spacial score (nSPS) is 14.8. The summed E-state index contributed by atoms with van der Waals surface area (Å²) >= 11 is 3.06. The molecule has 0 aliphatic rings. The Hall–Kier alpha value is -1.28. The molecule has 3 N–H and O–H groups in total. The zero-order valence-electron chi connectivity index (χ0n) is 9.79. The van der Waals surface area contributed by atoms with E-state index in [-0.39, 0.29) is 5.56 Å². The van der Waals surface area contributed by atoms with Gasteiger partial charge in [0.05, 0.1) is 7.11 Å². The molecule has 8 heteroatoms. The minimum atomic E-state index is -5.07. The molecular weight excluding hydrogens is 331 g/mol. The van der Waals surface area contributed by atoms with E-state index in [1.807, 2.05) is 0 Å². The quantitative estimate of drug-likeness (QED) is 0.881. The zero-order chi connectivity index (χ0) is 14.8. The third-order valence-electron chi connectivity index (χ3n) is 2.61. The van der Waals surface area contributed by atoms with Crippen molar-refractivity contribution in [1.29, 1.82) is 0 Å². The van der Waals surface area contributed by atoms with Gasteiger partial charge in [-0.15, -0.1) is 0 Å². The van der Waals surface area contributed by atoms with Crippen molar-refractivity contribution in [2.75, 3.05) is 7.11 Å². The number of aliphatic carboxylic acids is 1. The fourth-order valence-corrected chi connectivity index (χ4v) is 1.80. The van der Waals surface area contributed by atoms with E-state index in [0.29, 0.717) is 10.2 Å². The number of hydrogen-bond donors (Lipinski definition) is 2. The molecule has 0 fully saturated rings. The Bertz CT molecular complexity index is 493. The topological polar surface area (TPSA) is 72.5 Å². The Morgan fingerprint density at radius 3 is 2.47 bits per heavy atom. The minimum absolute atomic E-state index is 0.0987. The molecule has 0 saturated carbocycles. The molecule has 1 aromatic carbocycles. The molecule has 1 unspecified atom stereocenters. The lowest BCUT2D eigenvalue weighted by Gasteiger charge is -2.27. The largest absolute Gasteiger partial charge is 0.497 e. The second-order valence-corrected chi connectivity index (χ2v) is 4.76. The van der Waals surface area contributed by atoms with Gasteiger partial charge in [0.2, 0.25) is 5.54 Å². The lowest BCUT2D eigenvalue weighted by atomic mass is 9.91. The van der Waals surface area contributed by atoms with Gasteiger partial charge < -0.3 is 15.6 Å². The van der Waals surface area contributed by atoms with Gasteiger partial charge in [0.25, 0.3) is 0 Å². The molecule has 106 valence electrons. The number of halogens is 4. The van der Waals surface area contributed by atoms with Gasteiger partial charge in [-0.05, 0) is 23.8 Å². The molecule has 0 bridgehead atoms. The van der Waals surface area contributed by atoms with Gasteiger partial charge in [-0.1, -0.05) is 15.9 Å². The first-order chi connectivity index (χ1) is 8.61. The summed E-state index contributed by atoms with van der Waals surface area (Å²) in [6.45, 7) is 0. The summed E-state index contributed by atoms with van der Waals surface area (Å²) in [4.78, 5) is 10.8. The number of hydrogen-bond acceptors (Lipinski definition) is 3. The molecule has 19 heavy (non-hydrogen) atoms. The molecule has 0 aliphatic carbocycles. The lowest BCUT2D eigenvalue weighted by Crippen LogP contribution is -2.61. The van der Waals surface area contributed by atoms with Gasteiger partial charge in [-0.2, -0.15) is 13.2 Å². The van der Waals surface area contributed by atoms with Gasteiger partial charge in [-0.25, -0.2) is 4.79 Å². The third-order valence-corrected chi connectivity index (χ3v) is 3.38. The van der Waals surface area contributed by atoms with E-state index in [1.165, 1.54) is 25.3 Å². The maximum Gasteiger partial charge on any atom is 0.417 e. The summed E-state index contributed by atoms with van der Waals surface area (Å²) in [5.74, 6) is -1.82. The molecule has 1 atom stereocenters. The molecule has 0 aliphatic heterocycles. The predicted octanol–water partition coefficient (Wildman–Crippen LogP) is 2.34. The number of carboxylic acid groups (broad SMARTS) is 1. The van der Waals surface area contributed by atoms with Crippen molar-refractivity contribution in [1.82, 2.24) is 0 Å². The van der Waals surface area contributed by atoms with Crippen molar-refractivity contribution in [2.24, 2.45) is 5.73 Å². The van der Waals surface area contributed by atoms with E-state index in [9.17, 15) is 18.0 Å². The van der Waals surface area contributed by atoms with E-state index in [1.54, 1.807) is 0 Å². The van der Waals surface area contributed by atoms with Crippen molar-refractivity contribution >= 4 is 21.9 Å². The highest BCUT2D eigenvalue weighted by Gasteiger charge is 2.58. The van der Waals surface area contributed by atoms with Crippen LogP contribution in [0.15, 0.2) is 22.7 Å². The van der Waals surface area contributed by atoms with Crippen LogP contribution in [0.1, 0.15) is 5.56 Å². The fourth-order valence-electron chi connectivity index (χ4n) is 1.41. The molecule has 4 nitrogen and oxygen atoms in total. The van der Waals surface area contributed by atoms with Crippen LogP contribution in [0.2, 0.25) is 0 Å². The van der Waals surface area contributed by atoms with Crippen molar-refractivity contribution in [3.8, 4) is 5.75 Å². The van der Waals surface area contributed by atoms with Crippen molar-refractivity contribution < 1.29 is 27.8 Å². The average molecular weight is 342 g/mol. The summed E-state index contributed by atoms with van der Waals surface area (Å²) in [5.41, 5.74) is 1.78. The van der Waals surface area contributed by atoms with E-state index >= 15 is 0 Å². The van der Waals surface area contributed by atoms with Gasteiger partial charge in [0.15, 0.2) is 0 Å². The molecule has 0 heterocycles. The number of nitrogens with two attached hydrogens (primary N) is 1. The molecule has 0 saturated heterocycles. The fraction of sp³-hybridized carbons (Fsp3) is 0.364. The second kappa shape index (κ2) is 5.38. The lowest BCUT2D eigenvalue weighted by molar-refractivity contribution is -0.201. The maximum absolute atomic E-state index is 12.8. The summed E-state index contributed by atoms with van der Waals surface area (Å²) in [6, 6.07) is 4.30. The molecule has 0 amide bonds. The first-order valence-electron chi connectivity index (χ1n) is 5.03. The Morgan fingerprint density at radius 2 is 2.05 bits per heavy atom. The highest BCUT2D eigenvalue weighted by molar-refractivity contribution is 9.10.